The van der Waals surface area contributed by atoms with Crippen molar-refractivity contribution in [3.05, 3.63) is 22.2 Å². The summed E-state index contributed by atoms with van der Waals surface area (Å²) in [7, 11) is 0. The molecule has 1 aromatic rings. The van der Waals surface area contributed by atoms with E-state index in [0.717, 1.165) is 40.9 Å². The van der Waals surface area contributed by atoms with E-state index in [1.165, 1.54) is 6.42 Å². The van der Waals surface area contributed by atoms with Crippen LogP contribution in [0.1, 0.15) is 31.7 Å². The van der Waals surface area contributed by atoms with Crippen LogP contribution in [0.25, 0.3) is 0 Å². The number of hydrogen-bond donors (Lipinski definition) is 0. The second-order valence-electron chi connectivity index (χ2n) is 5.70. The molecule has 3 rings (SSSR count). The van der Waals surface area contributed by atoms with E-state index in [2.05, 4.69) is 22.9 Å². The van der Waals surface area contributed by atoms with Gasteiger partial charge in [-0.25, -0.2) is 0 Å². The van der Waals surface area contributed by atoms with Gasteiger partial charge in [-0.05, 0) is 43.9 Å². The monoisotopic (exact) mass is 353 g/mol. The number of carbonyl (C=O) groups excluding carboxylic acids is 1. The molecule has 0 aliphatic carbocycles. The molecule has 1 saturated heterocycles. The summed E-state index contributed by atoms with van der Waals surface area (Å²) in [6, 6.07) is 4.17. The molecule has 21 heavy (non-hydrogen) atoms. The molecule has 0 bridgehead atoms. The van der Waals surface area contributed by atoms with E-state index in [-0.39, 0.29) is 5.91 Å². The van der Waals surface area contributed by atoms with Crippen LogP contribution in [0.2, 0.25) is 0 Å². The van der Waals surface area contributed by atoms with Gasteiger partial charge < -0.3 is 14.4 Å². The molecule has 0 spiro atoms. The Morgan fingerprint density at radius 3 is 2.71 bits per heavy atom. The summed E-state index contributed by atoms with van der Waals surface area (Å²) in [5.74, 6) is 1.68. The van der Waals surface area contributed by atoms with Gasteiger partial charge in [-0.3, -0.25) is 4.79 Å². The number of ether oxygens (including phenoxy) is 2. The van der Waals surface area contributed by atoms with Crippen molar-refractivity contribution in [3.63, 3.8) is 0 Å². The van der Waals surface area contributed by atoms with Crippen molar-refractivity contribution in [2.45, 2.75) is 38.6 Å². The molecule has 5 heteroatoms. The second-order valence-corrected chi connectivity index (χ2v) is 6.55. The van der Waals surface area contributed by atoms with Gasteiger partial charge in [-0.2, -0.15) is 0 Å². The van der Waals surface area contributed by atoms with Gasteiger partial charge in [0, 0.05) is 17.1 Å². The number of fused-ring (bicyclic) bond motifs is 1. The minimum absolute atomic E-state index is 0.194. The van der Waals surface area contributed by atoms with E-state index in [4.69, 9.17) is 9.47 Å². The normalized spacial score (nSPS) is 21.2. The van der Waals surface area contributed by atoms with Crippen LogP contribution < -0.4 is 9.47 Å². The van der Waals surface area contributed by atoms with Gasteiger partial charge in [0.2, 0.25) is 5.91 Å². The number of rotatable bonds is 2. The third kappa shape index (κ3) is 3.18. The Hall–Kier alpha value is -1.23. The lowest BCUT2D eigenvalue weighted by Gasteiger charge is -2.33. The Kier molecular flexibility index (Phi) is 4.38. The van der Waals surface area contributed by atoms with Crippen molar-refractivity contribution in [1.82, 2.24) is 4.90 Å². The molecule has 1 aromatic carbocycles. The van der Waals surface area contributed by atoms with Crippen LogP contribution in [0.5, 0.6) is 11.5 Å². The molecule has 0 radical (unpaired) electrons. The van der Waals surface area contributed by atoms with E-state index in [0.29, 0.717) is 25.7 Å². The molecular formula is C16H20BrNO3. The average Bonchev–Trinajstić information content (AvgIpc) is 2.48. The van der Waals surface area contributed by atoms with Crippen LogP contribution in [0.3, 0.4) is 0 Å². The summed E-state index contributed by atoms with van der Waals surface area (Å²) in [6.07, 6.45) is 3.84. The standard InChI is InChI=1S/C16H20BrNO3/c1-11-4-2-3-5-18(11)16(19)9-12-8-14-15(10-13(12)17)21-7-6-20-14/h8,10-11H,2-7,9H2,1H3. The van der Waals surface area contributed by atoms with Crippen LogP contribution in [0.4, 0.5) is 0 Å². The molecule has 1 unspecified atom stereocenters. The summed E-state index contributed by atoms with van der Waals surface area (Å²) >= 11 is 3.54. The number of nitrogens with zero attached hydrogens (tertiary/aromatic N) is 1. The van der Waals surface area contributed by atoms with Gasteiger partial charge in [0.05, 0.1) is 6.42 Å². The quantitative estimate of drug-likeness (QED) is 0.819. The predicted octanol–water partition coefficient (Wildman–Crippen LogP) is 3.16. The maximum atomic E-state index is 12.5. The Bertz CT molecular complexity index is 547. The van der Waals surface area contributed by atoms with E-state index >= 15 is 0 Å². The van der Waals surface area contributed by atoms with Crippen LogP contribution in [0.15, 0.2) is 16.6 Å². The molecule has 114 valence electrons. The topological polar surface area (TPSA) is 38.8 Å². The molecule has 1 amide bonds. The van der Waals surface area contributed by atoms with Crippen molar-refractivity contribution < 1.29 is 14.3 Å². The number of amides is 1. The largest absolute Gasteiger partial charge is 0.486 e. The van der Waals surface area contributed by atoms with Crippen molar-refractivity contribution in [1.29, 1.82) is 0 Å². The molecule has 0 aromatic heterocycles. The summed E-state index contributed by atoms with van der Waals surface area (Å²) < 4.78 is 12.1. The fraction of sp³-hybridized carbons (Fsp3) is 0.562. The molecule has 2 aliphatic heterocycles. The maximum absolute atomic E-state index is 12.5. The number of benzene rings is 1. The average molecular weight is 354 g/mol. The SMILES string of the molecule is CC1CCCCN1C(=O)Cc1cc2c(cc1Br)OCCO2. The summed E-state index contributed by atoms with van der Waals surface area (Å²) in [5.41, 5.74) is 0.960. The van der Waals surface area contributed by atoms with Gasteiger partial charge in [-0.15, -0.1) is 0 Å². The van der Waals surface area contributed by atoms with Gasteiger partial charge in [-0.1, -0.05) is 15.9 Å². The number of piperidine rings is 1. The van der Waals surface area contributed by atoms with Crippen molar-refractivity contribution in [3.8, 4) is 11.5 Å². The smallest absolute Gasteiger partial charge is 0.227 e. The number of hydrogen-bond acceptors (Lipinski definition) is 3. The highest BCUT2D eigenvalue weighted by Gasteiger charge is 2.24. The lowest BCUT2D eigenvalue weighted by atomic mass is 10.0. The molecule has 0 N–H and O–H groups in total. The third-order valence-corrected chi connectivity index (χ3v) is 4.91. The van der Waals surface area contributed by atoms with E-state index < -0.39 is 0 Å². The second kappa shape index (κ2) is 6.26. The predicted molar refractivity (Wildman–Crippen MR) is 83.9 cm³/mol. The first-order chi connectivity index (χ1) is 10.1. The molecule has 2 heterocycles. The summed E-state index contributed by atoms with van der Waals surface area (Å²) in [4.78, 5) is 14.5. The summed E-state index contributed by atoms with van der Waals surface area (Å²) in [6.45, 7) is 4.15. The van der Waals surface area contributed by atoms with E-state index in [9.17, 15) is 4.79 Å². The Labute approximate surface area is 133 Å². The third-order valence-electron chi connectivity index (χ3n) is 4.18. The van der Waals surface area contributed by atoms with Crippen molar-refractivity contribution in [2.75, 3.05) is 19.8 Å². The maximum Gasteiger partial charge on any atom is 0.227 e. The molecular weight excluding hydrogens is 334 g/mol. The van der Waals surface area contributed by atoms with Crippen LogP contribution in [-0.4, -0.2) is 36.6 Å². The van der Waals surface area contributed by atoms with Gasteiger partial charge in [0.25, 0.3) is 0 Å². The van der Waals surface area contributed by atoms with Crippen LogP contribution in [-0.2, 0) is 11.2 Å². The van der Waals surface area contributed by atoms with Gasteiger partial charge >= 0.3 is 0 Å². The van der Waals surface area contributed by atoms with Crippen LogP contribution >= 0.6 is 15.9 Å². The van der Waals surface area contributed by atoms with E-state index in [1.807, 2.05) is 17.0 Å². The van der Waals surface area contributed by atoms with E-state index in [1.54, 1.807) is 0 Å². The number of likely N-dealkylation sites (tertiary alicyclic amines) is 1. The first kappa shape index (κ1) is 14.7. The van der Waals surface area contributed by atoms with Crippen molar-refractivity contribution in [2.24, 2.45) is 0 Å². The zero-order valence-electron chi connectivity index (χ0n) is 12.2. The first-order valence-electron chi connectivity index (χ1n) is 7.52. The zero-order valence-corrected chi connectivity index (χ0v) is 13.8. The fourth-order valence-corrected chi connectivity index (χ4v) is 3.44. The fourth-order valence-electron chi connectivity index (χ4n) is 2.97. The van der Waals surface area contributed by atoms with Crippen molar-refractivity contribution >= 4 is 21.8 Å². The molecule has 2 aliphatic rings. The first-order valence-corrected chi connectivity index (χ1v) is 8.32. The molecule has 0 saturated carbocycles. The number of halogens is 1. The van der Waals surface area contributed by atoms with Gasteiger partial charge in [0.1, 0.15) is 13.2 Å². The molecule has 1 atom stereocenters. The zero-order chi connectivity index (χ0) is 14.8. The Morgan fingerprint density at radius 2 is 2.00 bits per heavy atom. The minimum atomic E-state index is 0.194. The molecule has 4 nitrogen and oxygen atoms in total. The highest BCUT2D eigenvalue weighted by atomic mass is 79.9. The summed E-state index contributed by atoms with van der Waals surface area (Å²) in [5, 5.41) is 0. The lowest BCUT2D eigenvalue weighted by molar-refractivity contribution is -0.133. The highest BCUT2D eigenvalue weighted by Crippen LogP contribution is 2.36. The minimum Gasteiger partial charge on any atom is -0.486 e. The lowest BCUT2D eigenvalue weighted by Crippen LogP contribution is -2.42. The number of carbonyl (C=O) groups is 1. The Balaban J connectivity index is 1.76. The van der Waals surface area contributed by atoms with Crippen LogP contribution in [0, 0.1) is 0 Å². The Morgan fingerprint density at radius 1 is 1.29 bits per heavy atom. The van der Waals surface area contributed by atoms with Gasteiger partial charge in [0.15, 0.2) is 11.5 Å². The molecule has 1 fully saturated rings. The highest BCUT2D eigenvalue weighted by molar-refractivity contribution is 9.10.